The zero-order valence-corrected chi connectivity index (χ0v) is 26.4. The smallest absolute Gasteiger partial charge is 0.407 e. The molecule has 10 nitrogen and oxygen atoms in total. The largest absolute Gasteiger partial charge is 0.490 e. The Kier molecular flexibility index (Phi) is 9.86. The van der Waals surface area contributed by atoms with Gasteiger partial charge in [-0.05, 0) is 59.8 Å². The number of rotatable bonds is 11. The molecule has 6 rings (SSSR count). The van der Waals surface area contributed by atoms with Crippen LogP contribution < -0.4 is 15.4 Å². The van der Waals surface area contributed by atoms with Crippen molar-refractivity contribution >= 4 is 33.4 Å². The van der Waals surface area contributed by atoms with E-state index in [1.165, 1.54) is 29.3 Å². The Hall–Kier alpha value is -4.39. The van der Waals surface area contributed by atoms with Gasteiger partial charge < -0.3 is 29.7 Å². The number of hydrogen-bond acceptors (Lipinski definition) is 9. The van der Waals surface area contributed by atoms with E-state index < -0.39 is 11.9 Å². The van der Waals surface area contributed by atoms with Crippen LogP contribution in [0.2, 0.25) is 0 Å². The fraction of sp³-hybridized carbons (Fsp3) is 0.353. The number of likely N-dealkylation sites (tertiary alicyclic amines) is 1. The highest BCUT2D eigenvalue weighted by molar-refractivity contribution is 7.17. The van der Waals surface area contributed by atoms with Crippen molar-refractivity contribution in [3.63, 3.8) is 0 Å². The van der Waals surface area contributed by atoms with Crippen molar-refractivity contribution in [2.45, 2.75) is 26.0 Å². The zero-order valence-electron chi connectivity index (χ0n) is 25.6. The Balaban J connectivity index is 1.03. The average molecular weight is 646 g/mol. The monoisotopic (exact) mass is 645 g/mol. The van der Waals surface area contributed by atoms with Crippen molar-refractivity contribution in [2.75, 3.05) is 46.0 Å². The lowest BCUT2D eigenvalue weighted by Crippen LogP contribution is -2.35. The summed E-state index contributed by atoms with van der Waals surface area (Å²) in [4.78, 5) is 25.7. The number of hydrogen-bond donors (Lipinski definition) is 2. The van der Waals surface area contributed by atoms with Crippen molar-refractivity contribution in [3.8, 4) is 28.3 Å². The molecule has 0 spiro atoms. The van der Waals surface area contributed by atoms with Gasteiger partial charge in [0.25, 0.3) is 0 Å². The minimum Gasteiger partial charge on any atom is -0.490 e. The quantitative estimate of drug-likeness (QED) is 0.174. The summed E-state index contributed by atoms with van der Waals surface area (Å²) in [6.45, 7) is 8.98. The minimum absolute atomic E-state index is 0.0302. The minimum atomic E-state index is -0.565. The van der Waals surface area contributed by atoms with Crippen LogP contribution in [0.5, 0.6) is 5.75 Å². The molecule has 2 N–H and O–H groups in total. The molecule has 0 radical (unpaired) electrons. The van der Waals surface area contributed by atoms with E-state index in [4.69, 9.17) is 14.2 Å². The lowest BCUT2D eigenvalue weighted by Gasteiger charge is -2.18. The molecule has 0 saturated carbocycles. The number of fused-ring (bicyclic) bond motifs is 2. The first-order valence-electron chi connectivity index (χ1n) is 15.3. The molecular formula is C34H36FN5O5S. The summed E-state index contributed by atoms with van der Waals surface area (Å²) < 4.78 is 32.3. The van der Waals surface area contributed by atoms with Crippen LogP contribution in [0.1, 0.15) is 18.1 Å². The number of thiophene rings is 1. The number of aromatic nitrogens is 2. The van der Waals surface area contributed by atoms with Crippen LogP contribution in [0.3, 0.4) is 0 Å². The maximum absolute atomic E-state index is 14.3. The highest BCUT2D eigenvalue weighted by Crippen LogP contribution is 2.39. The normalized spacial score (nSPS) is 17.5. The number of amides is 2. The molecule has 0 aliphatic carbocycles. The van der Waals surface area contributed by atoms with E-state index in [-0.39, 0.29) is 44.3 Å². The molecular weight excluding hydrogens is 609 g/mol. The van der Waals surface area contributed by atoms with Crippen LogP contribution in [0.4, 0.5) is 9.18 Å². The topological polar surface area (TPSA) is 115 Å². The molecule has 2 aliphatic heterocycles. The van der Waals surface area contributed by atoms with Gasteiger partial charge in [0.1, 0.15) is 35.7 Å². The van der Waals surface area contributed by atoms with E-state index in [1.54, 1.807) is 22.3 Å². The summed E-state index contributed by atoms with van der Waals surface area (Å²) in [6, 6.07) is 12.9. The van der Waals surface area contributed by atoms with E-state index in [9.17, 15) is 14.0 Å². The molecule has 2 aromatic heterocycles. The number of halogens is 1. The lowest BCUT2D eigenvalue weighted by molar-refractivity contribution is -0.125. The van der Waals surface area contributed by atoms with Gasteiger partial charge >= 0.3 is 6.09 Å². The SMILES string of the molecule is C=CC(=O)N1CC(C)C(OC(=O)NCCOCCOc2cc(F)ccc2-c2nnc(-c3ccc4c(c3)CCNC4)c3ccsc23)C1. The Bertz CT molecular complexity index is 1750. The van der Waals surface area contributed by atoms with Gasteiger partial charge in [0.15, 0.2) is 0 Å². The standard InChI is InChI=1S/C34H36FN5O5S/c1-3-30(41)40-19-21(2)29(20-40)45-34(42)37-11-12-43-13-14-44-28-17-25(35)6-7-26(28)32-33-27(9-15-46-33)31(38-39-32)23-4-5-24-18-36-10-8-22(24)16-23/h3-7,9,15-17,21,29,36H,1,8,10-14,18-20H2,2H3,(H,37,42). The Morgan fingerprint density at radius 3 is 2.85 bits per heavy atom. The summed E-state index contributed by atoms with van der Waals surface area (Å²) in [7, 11) is 0. The Morgan fingerprint density at radius 2 is 1.98 bits per heavy atom. The molecule has 2 aromatic carbocycles. The van der Waals surface area contributed by atoms with E-state index in [2.05, 4.69) is 45.6 Å². The summed E-state index contributed by atoms with van der Waals surface area (Å²) in [5, 5.41) is 18.3. The third-order valence-corrected chi connectivity index (χ3v) is 9.16. The van der Waals surface area contributed by atoms with Gasteiger partial charge in [-0.3, -0.25) is 4.79 Å². The Labute approximate surface area is 270 Å². The number of ether oxygens (including phenoxy) is 3. The fourth-order valence-corrected chi connectivity index (χ4v) is 6.71. The third-order valence-electron chi connectivity index (χ3n) is 8.24. The van der Waals surface area contributed by atoms with Crippen molar-refractivity contribution in [2.24, 2.45) is 5.92 Å². The number of benzene rings is 2. The molecule has 4 aromatic rings. The summed E-state index contributed by atoms with van der Waals surface area (Å²) in [5.41, 5.74) is 5.75. The summed E-state index contributed by atoms with van der Waals surface area (Å²) in [6.07, 6.45) is 1.29. The molecule has 2 aliphatic rings. The molecule has 46 heavy (non-hydrogen) atoms. The molecule has 12 heteroatoms. The Morgan fingerprint density at radius 1 is 1.11 bits per heavy atom. The first-order valence-corrected chi connectivity index (χ1v) is 16.2. The van der Waals surface area contributed by atoms with E-state index in [0.29, 0.717) is 30.1 Å². The summed E-state index contributed by atoms with van der Waals surface area (Å²) >= 11 is 1.56. The third kappa shape index (κ3) is 7.04. The van der Waals surface area contributed by atoms with Gasteiger partial charge in [-0.2, -0.15) is 0 Å². The van der Waals surface area contributed by atoms with Crippen LogP contribution in [-0.4, -0.2) is 79.2 Å². The van der Waals surface area contributed by atoms with Crippen LogP contribution in [0.15, 0.2) is 60.5 Å². The number of carbonyl (C=O) groups excluding carboxylic acids is 2. The molecule has 2 amide bonds. The fourth-order valence-electron chi connectivity index (χ4n) is 5.82. The molecule has 0 bridgehead atoms. The van der Waals surface area contributed by atoms with Gasteiger partial charge in [-0.15, -0.1) is 21.5 Å². The first kappa shape index (κ1) is 31.6. The maximum atomic E-state index is 14.3. The number of carbonyl (C=O) groups is 2. The van der Waals surface area contributed by atoms with Crippen molar-refractivity contribution < 1.29 is 28.2 Å². The van der Waals surface area contributed by atoms with Gasteiger partial charge in [0, 0.05) is 48.1 Å². The van der Waals surface area contributed by atoms with Gasteiger partial charge in [0.2, 0.25) is 5.91 Å². The van der Waals surface area contributed by atoms with E-state index in [1.807, 2.05) is 18.4 Å². The zero-order chi connectivity index (χ0) is 32.0. The molecule has 1 fully saturated rings. The average Bonchev–Trinajstić information content (AvgIpc) is 3.70. The van der Waals surface area contributed by atoms with Gasteiger partial charge in [-0.25, -0.2) is 9.18 Å². The molecule has 2 atom stereocenters. The van der Waals surface area contributed by atoms with Gasteiger partial charge in [0.05, 0.1) is 24.5 Å². The molecule has 4 heterocycles. The lowest BCUT2D eigenvalue weighted by atomic mass is 9.96. The molecule has 1 saturated heterocycles. The molecule has 240 valence electrons. The number of nitrogens with zero attached hydrogens (tertiary/aromatic N) is 3. The second-order valence-electron chi connectivity index (χ2n) is 11.4. The van der Waals surface area contributed by atoms with Crippen LogP contribution in [0, 0.1) is 11.7 Å². The number of alkyl carbamates (subject to hydrolysis) is 1. The van der Waals surface area contributed by atoms with Crippen LogP contribution in [0.25, 0.3) is 32.6 Å². The van der Waals surface area contributed by atoms with Gasteiger partial charge in [-0.1, -0.05) is 25.6 Å². The highest BCUT2D eigenvalue weighted by Gasteiger charge is 2.34. The number of nitrogens with one attached hydrogen (secondary N) is 2. The summed E-state index contributed by atoms with van der Waals surface area (Å²) in [5.74, 6) is -0.226. The second-order valence-corrected chi connectivity index (χ2v) is 12.3. The van der Waals surface area contributed by atoms with E-state index in [0.717, 1.165) is 40.9 Å². The van der Waals surface area contributed by atoms with Crippen molar-refractivity contribution in [1.29, 1.82) is 0 Å². The predicted molar refractivity (Wildman–Crippen MR) is 174 cm³/mol. The first-order chi connectivity index (χ1) is 22.4. The van der Waals surface area contributed by atoms with Crippen molar-refractivity contribution in [3.05, 3.63) is 77.4 Å². The second kappa shape index (κ2) is 14.4. The maximum Gasteiger partial charge on any atom is 0.407 e. The van der Waals surface area contributed by atoms with Crippen molar-refractivity contribution in [1.82, 2.24) is 25.7 Å². The molecule has 2 unspecified atom stereocenters. The van der Waals surface area contributed by atoms with Crippen LogP contribution in [-0.2, 0) is 27.2 Å². The predicted octanol–water partition coefficient (Wildman–Crippen LogP) is 4.96. The van der Waals surface area contributed by atoms with Crippen LogP contribution >= 0.6 is 11.3 Å². The van der Waals surface area contributed by atoms with E-state index >= 15 is 0 Å². The highest BCUT2D eigenvalue weighted by atomic mass is 32.1.